The van der Waals surface area contributed by atoms with Gasteiger partial charge in [0.2, 0.25) is 0 Å². The van der Waals surface area contributed by atoms with Gasteiger partial charge in [-0.05, 0) is 55.3 Å². The van der Waals surface area contributed by atoms with E-state index in [9.17, 15) is 4.79 Å². The first-order valence-electron chi connectivity index (χ1n) is 12.0. The molecule has 0 aromatic heterocycles. The molecule has 3 fully saturated rings. The van der Waals surface area contributed by atoms with Crippen molar-refractivity contribution in [2.75, 3.05) is 27.8 Å². The highest BCUT2D eigenvalue weighted by molar-refractivity contribution is 5.54. The summed E-state index contributed by atoms with van der Waals surface area (Å²) in [4.78, 5) is 11.6. The van der Waals surface area contributed by atoms with E-state index in [4.69, 9.17) is 18.9 Å². The van der Waals surface area contributed by atoms with Gasteiger partial charge in [0.05, 0.1) is 12.2 Å². The quantitative estimate of drug-likeness (QED) is 0.403. The third kappa shape index (κ3) is 3.76. The molecule has 0 radical (unpaired) electrons. The highest BCUT2D eigenvalue weighted by Gasteiger charge is 2.59. The zero-order valence-corrected chi connectivity index (χ0v) is 19.9. The Kier molecular flexibility index (Phi) is 6.79. The highest BCUT2D eigenvalue weighted by Crippen LogP contribution is 2.66. The lowest BCUT2D eigenvalue weighted by atomic mass is 9.49. The molecule has 4 aliphatic rings. The Hall–Kier alpha value is -1.01. The molecule has 0 saturated heterocycles. The minimum absolute atomic E-state index is 0.0365. The number of carbonyl (C=O) groups is 1. The number of carbonyl (C=O) groups excluding carboxylic acids is 1. The van der Waals surface area contributed by atoms with Crippen molar-refractivity contribution in [3.8, 4) is 0 Å². The van der Waals surface area contributed by atoms with Gasteiger partial charge >= 0.3 is 0 Å². The van der Waals surface area contributed by atoms with E-state index in [2.05, 4.69) is 32.9 Å². The van der Waals surface area contributed by atoms with Crippen LogP contribution >= 0.6 is 0 Å². The molecule has 0 heterocycles. The van der Waals surface area contributed by atoms with Crippen molar-refractivity contribution in [1.29, 1.82) is 0 Å². The minimum atomic E-state index is -0.0365. The number of methoxy groups -OCH3 is 2. The van der Waals surface area contributed by atoms with Gasteiger partial charge in [-0.15, -0.1) is 0 Å². The zero-order chi connectivity index (χ0) is 22.2. The van der Waals surface area contributed by atoms with Crippen LogP contribution in [0.5, 0.6) is 0 Å². The third-order valence-corrected chi connectivity index (χ3v) is 9.33. The molecule has 31 heavy (non-hydrogen) atoms. The van der Waals surface area contributed by atoms with Crippen molar-refractivity contribution in [3.63, 3.8) is 0 Å². The standard InChI is InChI=1S/C26H40O5/c1-17(14-27)21-8-9-22-20-7-6-18-12-19(30-15-28-4)13-24(31-16-29-5)26(18,3)23(20)10-11-25(21,22)2/h6-7,14,17,19,21-24H,8-13,15-16H2,1-5H3/t17?,19?,21-,22+,23+,24?,25-,26+/m1/s1. The molecule has 0 amide bonds. The lowest BCUT2D eigenvalue weighted by molar-refractivity contribution is -0.163. The second-order valence-electron chi connectivity index (χ2n) is 10.7. The maximum Gasteiger partial charge on any atom is 0.146 e. The van der Waals surface area contributed by atoms with Crippen LogP contribution in [0.3, 0.4) is 0 Å². The van der Waals surface area contributed by atoms with E-state index in [0.29, 0.717) is 31.3 Å². The van der Waals surface area contributed by atoms with Crippen molar-refractivity contribution in [3.05, 3.63) is 23.3 Å². The molecule has 0 N–H and O–H groups in total. The molecular weight excluding hydrogens is 392 g/mol. The highest BCUT2D eigenvalue weighted by atomic mass is 16.7. The average molecular weight is 433 g/mol. The van der Waals surface area contributed by atoms with Crippen LogP contribution in [0.1, 0.15) is 59.3 Å². The second-order valence-corrected chi connectivity index (χ2v) is 10.7. The van der Waals surface area contributed by atoms with Gasteiger partial charge < -0.3 is 23.7 Å². The number of fused-ring (bicyclic) bond motifs is 5. The smallest absolute Gasteiger partial charge is 0.146 e. The van der Waals surface area contributed by atoms with Crippen LogP contribution in [0.4, 0.5) is 0 Å². The summed E-state index contributed by atoms with van der Waals surface area (Å²) in [6, 6.07) is 0. The lowest BCUT2D eigenvalue weighted by Gasteiger charge is -2.57. The molecular formula is C26H40O5. The van der Waals surface area contributed by atoms with Crippen molar-refractivity contribution < 1.29 is 23.7 Å². The Balaban J connectivity index is 1.66. The fraction of sp³-hybridized carbons (Fsp3) is 0.808. The molecule has 0 aromatic carbocycles. The van der Waals surface area contributed by atoms with E-state index >= 15 is 0 Å². The fourth-order valence-electron chi connectivity index (χ4n) is 7.69. The monoisotopic (exact) mass is 432 g/mol. The molecule has 5 heteroatoms. The Morgan fingerprint density at radius 1 is 1.06 bits per heavy atom. The average Bonchev–Trinajstić information content (AvgIpc) is 3.13. The Morgan fingerprint density at radius 3 is 2.52 bits per heavy atom. The van der Waals surface area contributed by atoms with Gasteiger partial charge in [-0.1, -0.05) is 44.1 Å². The first-order valence-corrected chi connectivity index (χ1v) is 12.0. The predicted octanol–water partition coefficient (Wildman–Crippen LogP) is 4.91. The summed E-state index contributed by atoms with van der Waals surface area (Å²) in [5.74, 6) is 1.69. The summed E-state index contributed by atoms with van der Waals surface area (Å²) in [5.41, 5.74) is 3.23. The van der Waals surface area contributed by atoms with Crippen molar-refractivity contribution in [2.24, 2.45) is 34.5 Å². The van der Waals surface area contributed by atoms with Gasteiger partial charge in [-0.25, -0.2) is 0 Å². The molecule has 0 spiro atoms. The first kappa shape index (κ1) is 23.2. The molecule has 3 saturated carbocycles. The van der Waals surface area contributed by atoms with Crippen LogP contribution in [0.2, 0.25) is 0 Å². The lowest BCUT2D eigenvalue weighted by Crippen LogP contribution is -2.53. The van der Waals surface area contributed by atoms with Gasteiger partial charge in [-0.3, -0.25) is 0 Å². The number of ether oxygens (including phenoxy) is 4. The van der Waals surface area contributed by atoms with Crippen LogP contribution in [-0.2, 0) is 23.7 Å². The van der Waals surface area contributed by atoms with E-state index < -0.39 is 0 Å². The normalized spacial score (nSPS) is 42.7. The summed E-state index contributed by atoms with van der Waals surface area (Å²) in [6.45, 7) is 7.58. The van der Waals surface area contributed by atoms with E-state index in [1.165, 1.54) is 24.7 Å². The Bertz CT molecular complexity index is 729. The van der Waals surface area contributed by atoms with Crippen LogP contribution in [0.25, 0.3) is 0 Å². The van der Waals surface area contributed by atoms with Gasteiger partial charge in [0.1, 0.15) is 19.9 Å². The molecule has 0 aliphatic heterocycles. The summed E-state index contributed by atoms with van der Waals surface area (Å²) in [5, 5.41) is 0. The number of rotatable bonds is 8. The maximum absolute atomic E-state index is 11.6. The van der Waals surface area contributed by atoms with Gasteiger partial charge in [0, 0.05) is 32.0 Å². The summed E-state index contributed by atoms with van der Waals surface area (Å²) < 4.78 is 22.8. The molecule has 5 nitrogen and oxygen atoms in total. The van der Waals surface area contributed by atoms with Crippen molar-refractivity contribution in [2.45, 2.75) is 71.5 Å². The van der Waals surface area contributed by atoms with Crippen molar-refractivity contribution in [1.82, 2.24) is 0 Å². The number of hydrogen-bond acceptors (Lipinski definition) is 5. The molecule has 3 unspecified atom stereocenters. The first-order chi connectivity index (χ1) is 14.9. The summed E-state index contributed by atoms with van der Waals surface area (Å²) >= 11 is 0. The molecule has 0 bridgehead atoms. The SMILES string of the molecule is COCOC1CC2=CC=C3[C@@H]4CC[C@H](C(C)C=O)[C@@]4(C)CC[C@@H]3[C@@]2(C)C(OCOC)C1. The summed E-state index contributed by atoms with van der Waals surface area (Å²) in [6.07, 6.45) is 12.6. The van der Waals surface area contributed by atoms with E-state index in [1.54, 1.807) is 19.8 Å². The number of allylic oxidation sites excluding steroid dienone is 3. The molecule has 4 aliphatic carbocycles. The van der Waals surface area contributed by atoms with Gasteiger partial charge in [0.15, 0.2) is 0 Å². The zero-order valence-electron chi connectivity index (χ0n) is 19.9. The van der Waals surface area contributed by atoms with Gasteiger partial charge in [0.25, 0.3) is 0 Å². The topological polar surface area (TPSA) is 54.0 Å². The number of aldehydes is 1. The van der Waals surface area contributed by atoms with E-state index in [-0.39, 0.29) is 29.0 Å². The Labute approximate surface area is 187 Å². The molecule has 174 valence electrons. The molecule has 0 aromatic rings. The summed E-state index contributed by atoms with van der Waals surface area (Å²) in [7, 11) is 3.35. The second kappa shape index (κ2) is 9.09. The maximum atomic E-state index is 11.6. The van der Waals surface area contributed by atoms with E-state index in [1.807, 2.05) is 0 Å². The largest absolute Gasteiger partial charge is 0.359 e. The van der Waals surface area contributed by atoms with Gasteiger partial charge in [-0.2, -0.15) is 0 Å². The fourth-order valence-corrected chi connectivity index (χ4v) is 7.69. The van der Waals surface area contributed by atoms with E-state index in [0.717, 1.165) is 25.7 Å². The van der Waals surface area contributed by atoms with Crippen molar-refractivity contribution >= 4 is 6.29 Å². The molecule has 8 atom stereocenters. The van der Waals surface area contributed by atoms with Crippen LogP contribution in [0, 0.1) is 34.5 Å². The minimum Gasteiger partial charge on any atom is -0.359 e. The van der Waals surface area contributed by atoms with Crippen LogP contribution < -0.4 is 0 Å². The Morgan fingerprint density at radius 2 is 1.81 bits per heavy atom. The third-order valence-electron chi connectivity index (χ3n) is 9.33. The predicted molar refractivity (Wildman–Crippen MR) is 119 cm³/mol. The van der Waals surface area contributed by atoms with Crippen LogP contribution in [0.15, 0.2) is 23.3 Å². The molecule has 4 rings (SSSR count). The van der Waals surface area contributed by atoms with Crippen LogP contribution in [-0.4, -0.2) is 46.3 Å². The number of hydrogen-bond donors (Lipinski definition) is 0.